The van der Waals surface area contributed by atoms with Gasteiger partial charge in [-0.1, -0.05) is 6.07 Å². The first-order chi connectivity index (χ1) is 11.5. The number of nitrogens with one attached hydrogen (secondary N) is 1. The number of aromatic nitrogens is 2. The van der Waals surface area contributed by atoms with Crippen molar-refractivity contribution in [3.8, 4) is 0 Å². The van der Waals surface area contributed by atoms with Crippen molar-refractivity contribution in [1.82, 2.24) is 19.0 Å². The molecule has 8 heteroatoms. The van der Waals surface area contributed by atoms with Crippen molar-refractivity contribution in [3.05, 3.63) is 36.3 Å². The number of aryl methyl sites for hydroxylation is 1. The van der Waals surface area contributed by atoms with Gasteiger partial charge in [0.15, 0.2) is 0 Å². The third-order valence-electron chi connectivity index (χ3n) is 4.16. The monoisotopic (exact) mass is 350 g/mol. The zero-order chi connectivity index (χ0) is 17.0. The molecule has 1 aliphatic heterocycles. The Bertz CT molecular complexity index is 777. The zero-order valence-electron chi connectivity index (χ0n) is 13.5. The van der Waals surface area contributed by atoms with Gasteiger partial charge in [-0.25, -0.2) is 17.7 Å². The summed E-state index contributed by atoms with van der Waals surface area (Å²) in [6.07, 6.45) is 6.49. The smallest absolute Gasteiger partial charge is 0.220 e. The fraction of sp³-hybridized carbons (Fsp3) is 0.500. The number of hydrogen-bond acceptors (Lipinski definition) is 4. The highest BCUT2D eigenvalue weighted by Gasteiger charge is 2.24. The summed E-state index contributed by atoms with van der Waals surface area (Å²) < 4.78 is 27.5. The first kappa shape index (κ1) is 16.9. The van der Waals surface area contributed by atoms with E-state index in [1.165, 1.54) is 4.31 Å². The number of carbonyl (C=O) groups is 1. The van der Waals surface area contributed by atoms with Gasteiger partial charge in [-0.05, 0) is 31.4 Å². The Kier molecular flexibility index (Phi) is 5.15. The molecule has 0 unspecified atom stereocenters. The average molecular weight is 350 g/mol. The van der Waals surface area contributed by atoms with Crippen LogP contribution in [-0.4, -0.2) is 53.4 Å². The lowest BCUT2D eigenvalue weighted by molar-refractivity contribution is -0.120. The molecule has 24 heavy (non-hydrogen) atoms. The summed E-state index contributed by atoms with van der Waals surface area (Å²) in [7, 11) is -3.24. The highest BCUT2D eigenvalue weighted by atomic mass is 32.2. The van der Waals surface area contributed by atoms with Gasteiger partial charge in [-0.15, -0.1) is 0 Å². The molecule has 130 valence electrons. The first-order valence-corrected chi connectivity index (χ1v) is 9.83. The van der Waals surface area contributed by atoms with Gasteiger partial charge >= 0.3 is 0 Å². The summed E-state index contributed by atoms with van der Waals surface area (Å²) in [5.74, 6) is -0.184. The van der Waals surface area contributed by atoms with E-state index in [4.69, 9.17) is 0 Å². The van der Waals surface area contributed by atoms with E-state index in [0.29, 0.717) is 25.9 Å². The summed E-state index contributed by atoms with van der Waals surface area (Å²) in [6.45, 7) is 1.36. The van der Waals surface area contributed by atoms with Crippen molar-refractivity contribution < 1.29 is 13.2 Å². The first-order valence-electron chi connectivity index (χ1n) is 8.22. The minimum Gasteiger partial charge on any atom is -0.355 e. The van der Waals surface area contributed by atoms with Gasteiger partial charge < -0.3 is 9.72 Å². The molecule has 0 radical (unpaired) electrons. The zero-order valence-corrected chi connectivity index (χ0v) is 14.3. The van der Waals surface area contributed by atoms with Crippen LogP contribution in [0.25, 0.3) is 5.65 Å². The number of carbonyl (C=O) groups excluding carboxylic acids is 1. The molecule has 1 fully saturated rings. The van der Waals surface area contributed by atoms with Crippen LogP contribution < -0.4 is 5.32 Å². The molecular weight excluding hydrogens is 328 g/mol. The van der Waals surface area contributed by atoms with Gasteiger partial charge in [0, 0.05) is 38.4 Å². The quantitative estimate of drug-likeness (QED) is 0.801. The van der Waals surface area contributed by atoms with E-state index in [9.17, 15) is 13.2 Å². The van der Waals surface area contributed by atoms with E-state index in [1.807, 2.05) is 35.0 Å². The van der Waals surface area contributed by atoms with Gasteiger partial charge in [0.05, 0.1) is 11.4 Å². The average Bonchev–Trinajstić information content (AvgIpc) is 3.22. The topological polar surface area (TPSA) is 83.8 Å². The van der Waals surface area contributed by atoms with E-state index >= 15 is 0 Å². The molecule has 3 heterocycles. The number of rotatable bonds is 7. The lowest BCUT2D eigenvalue weighted by Gasteiger charge is -2.15. The highest BCUT2D eigenvalue weighted by Crippen LogP contribution is 2.12. The fourth-order valence-corrected chi connectivity index (χ4v) is 4.29. The summed E-state index contributed by atoms with van der Waals surface area (Å²) in [6, 6.07) is 5.75. The number of fused-ring (bicyclic) bond motifs is 1. The van der Waals surface area contributed by atoms with Gasteiger partial charge in [0.25, 0.3) is 0 Å². The number of nitrogens with zero attached hydrogens (tertiary/aromatic N) is 3. The number of pyridine rings is 1. The van der Waals surface area contributed by atoms with Crippen LogP contribution in [0.2, 0.25) is 0 Å². The molecule has 0 bridgehead atoms. The normalized spacial score (nSPS) is 15.8. The van der Waals surface area contributed by atoms with E-state index in [1.54, 1.807) is 0 Å². The van der Waals surface area contributed by atoms with Crippen molar-refractivity contribution in [1.29, 1.82) is 0 Å². The molecule has 2 aromatic heterocycles. The third kappa shape index (κ3) is 4.12. The molecule has 2 aromatic rings. The summed E-state index contributed by atoms with van der Waals surface area (Å²) in [5.41, 5.74) is 1.70. The molecular formula is C16H22N4O3S. The second-order valence-corrected chi connectivity index (χ2v) is 8.06. The molecule has 1 amide bonds. The van der Waals surface area contributed by atoms with Crippen LogP contribution in [0.15, 0.2) is 30.6 Å². The van der Waals surface area contributed by atoms with Crippen LogP contribution in [0.1, 0.15) is 25.0 Å². The van der Waals surface area contributed by atoms with Crippen molar-refractivity contribution >= 4 is 21.6 Å². The van der Waals surface area contributed by atoms with Crippen LogP contribution in [0.3, 0.4) is 0 Å². The molecule has 1 saturated heterocycles. The standard InChI is InChI=1S/C16H22N4O3S/c21-16(17-8-12-24(22,23)20-10-3-4-11-20)7-6-14-13-19-9-2-1-5-15(19)18-14/h1-2,5,9,13H,3-4,6-8,10-12H2,(H,17,21). The van der Waals surface area contributed by atoms with Crippen molar-refractivity contribution in [2.24, 2.45) is 0 Å². The lowest BCUT2D eigenvalue weighted by atomic mass is 10.2. The van der Waals surface area contributed by atoms with E-state index in [0.717, 1.165) is 24.2 Å². The maximum atomic E-state index is 12.1. The molecule has 1 N–H and O–H groups in total. The van der Waals surface area contributed by atoms with Crippen LogP contribution >= 0.6 is 0 Å². The summed E-state index contributed by atoms with van der Waals surface area (Å²) >= 11 is 0. The maximum Gasteiger partial charge on any atom is 0.220 e. The predicted molar refractivity (Wildman–Crippen MR) is 91.1 cm³/mol. The van der Waals surface area contributed by atoms with Gasteiger partial charge in [-0.3, -0.25) is 4.79 Å². The molecule has 1 aliphatic rings. The molecule has 0 spiro atoms. The second-order valence-electron chi connectivity index (χ2n) is 5.97. The Morgan fingerprint density at radius 3 is 2.79 bits per heavy atom. The largest absolute Gasteiger partial charge is 0.355 e. The van der Waals surface area contributed by atoms with Crippen LogP contribution in [0.4, 0.5) is 0 Å². The molecule has 0 saturated carbocycles. The lowest BCUT2D eigenvalue weighted by Crippen LogP contribution is -2.36. The van der Waals surface area contributed by atoms with Crippen molar-refractivity contribution in [3.63, 3.8) is 0 Å². The van der Waals surface area contributed by atoms with E-state index < -0.39 is 10.0 Å². The fourth-order valence-electron chi connectivity index (χ4n) is 2.85. The molecule has 0 aliphatic carbocycles. The minimum atomic E-state index is -3.24. The number of sulfonamides is 1. The van der Waals surface area contributed by atoms with Crippen molar-refractivity contribution in [2.75, 3.05) is 25.4 Å². The summed E-state index contributed by atoms with van der Waals surface area (Å²) in [5, 5.41) is 2.69. The predicted octanol–water partition coefficient (Wildman–Crippen LogP) is 0.809. The third-order valence-corrected chi connectivity index (χ3v) is 6.03. The Hall–Kier alpha value is -1.93. The van der Waals surface area contributed by atoms with Crippen LogP contribution in [0.5, 0.6) is 0 Å². The van der Waals surface area contributed by atoms with Crippen LogP contribution in [0, 0.1) is 0 Å². The Labute approximate surface area is 141 Å². The van der Waals surface area contributed by atoms with E-state index in [2.05, 4.69) is 10.3 Å². The van der Waals surface area contributed by atoms with Gasteiger partial charge in [0.1, 0.15) is 5.65 Å². The second kappa shape index (κ2) is 7.31. The van der Waals surface area contributed by atoms with Gasteiger partial charge in [0.2, 0.25) is 15.9 Å². The number of imidazole rings is 1. The number of amides is 1. The van der Waals surface area contributed by atoms with Gasteiger partial charge in [-0.2, -0.15) is 0 Å². The minimum absolute atomic E-state index is 0.0346. The molecule has 7 nitrogen and oxygen atoms in total. The Morgan fingerprint density at radius 1 is 1.25 bits per heavy atom. The maximum absolute atomic E-state index is 12.1. The Morgan fingerprint density at radius 2 is 2.04 bits per heavy atom. The van der Waals surface area contributed by atoms with Crippen molar-refractivity contribution in [2.45, 2.75) is 25.7 Å². The highest BCUT2D eigenvalue weighted by molar-refractivity contribution is 7.89. The number of hydrogen-bond donors (Lipinski definition) is 1. The molecule has 0 atom stereocenters. The molecule has 3 rings (SSSR count). The summed E-state index contributed by atoms with van der Waals surface area (Å²) in [4.78, 5) is 16.3. The molecule has 0 aromatic carbocycles. The SMILES string of the molecule is O=C(CCc1cn2ccccc2n1)NCCS(=O)(=O)N1CCCC1. The van der Waals surface area contributed by atoms with Crippen LogP contribution in [-0.2, 0) is 21.2 Å². The Balaban J connectivity index is 1.42. The van der Waals surface area contributed by atoms with E-state index in [-0.39, 0.29) is 18.2 Å².